The molecule has 0 bridgehead atoms. The molecule has 0 N–H and O–H groups in total. The number of benzene rings is 1. The molecule has 3 heteroatoms. The summed E-state index contributed by atoms with van der Waals surface area (Å²) in [5.41, 5.74) is 0.676. The SMILES string of the molecule is N#Cn1ccccc2ccccc2o1. The third-order valence-electron chi connectivity index (χ3n) is 1.82. The molecule has 2 rings (SSSR count). The fourth-order valence-corrected chi connectivity index (χ4v) is 1.18. The second-order valence-electron chi connectivity index (χ2n) is 2.76. The molecule has 0 atom stereocenters. The Kier molecular flexibility index (Phi) is 2.20. The van der Waals surface area contributed by atoms with Crippen LogP contribution in [0.5, 0.6) is 0 Å². The van der Waals surface area contributed by atoms with E-state index < -0.39 is 0 Å². The van der Waals surface area contributed by atoms with Gasteiger partial charge in [0.2, 0.25) is 6.19 Å². The molecule has 0 unspecified atom stereocenters. The van der Waals surface area contributed by atoms with Crippen LogP contribution in [-0.4, -0.2) is 4.74 Å². The summed E-state index contributed by atoms with van der Waals surface area (Å²) in [6.07, 6.45) is 3.46. The molecule has 0 aliphatic carbocycles. The van der Waals surface area contributed by atoms with Gasteiger partial charge in [-0.05, 0) is 12.1 Å². The lowest BCUT2D eigenvalue weighted by Crippen LogP contribution is -1.84. The Labute approximate surface area is 81.1 Å². The molecule has 0 amide bonds. The van der Waals surface area contributed by atoms with E-state index in [-0.39, 0.29) is 0 Å². The number of nitrogens with zero attached hydrogens (tertiary/aromatic N) is 2. The number of hydrogen-bond donors (Lipinski definition) is 0. The van der Waals surface area contributed by atoms with Gasteiger partial charge in [-0.1, -0.05) is 30.3 Å². The van der Waals surface area contributed by atoms with Crippen LogP contribution in [0.25, 0.3) is 11.0 Å². The molecule has 0 aliphatic rings. The molecule has 14 heavy (non-hydrogen) atoms. The molecule has 0 spiro atoms. The average molecular weight is 184 g/mol. The summed E-state index contributed by atoms with van der Waals surface area (Å²) in [7, 11) is 0. The van der Waals surface area contributed by atoms with Crippen LogP contribution in [0.1, 0.15) is 0 Å². The summed E-state index contributed by atoms with van der Waals surface area (Å²) in [6.45, 7) is 0. The molecule has 2 aromatic rings. The predicted octanol–water partition coefficient (Wildman–Crippen LogP) is 2.69. The highest BCUT2D eigenvalue weighted by Crippen LogP contribution is 2.09. The fraction of sp³-hybridized carbons (Fsp3) is 0. The van der Waals surface area contributed by atoms with Gasteiger partial charge in [0.1, 0.15) is 0 Å². The highest BCUT2D eigenvalue weighted by molar-refractivity contribution is 5.75. The molecular formula is C11H8N2O. The van der Waals surface area contributed by atoms with E-state index in [1.54, 1.807) is 12.3 Å². The van der Waals surface area contributed by atoms with Crippen molar-refractivity contribution in [2.24, 2.45) is 0 Å². The Bertz CT molecular complexity index is 529. The third kappa shape index (κ3) is 1.59. The number of nitriles is 1. The molecule has 0 saturated heterocycles. The zero-order valence-electron chi connectivity index (χ0n) is 7.42. The van der Waals surface area contributed by atoms with E-state index in [1.165, 1.54) is 0 Å². The van der Waals surface area contributed by atoms with E-state index in [0.717, 1.165) is 10.1 Å². The molecule has 0 saturated carbocycles. The standard InChI is InChI=1S/C11H8N2O/c12-9-13-8-4-3-6-10-5-1-2-7-11(10)14-13/h1-8H. The quantitative estimate of drug-likeness (QED) is 0.631. The number of para-hydroxylation sites is 1. The Morgan fingerprint density at radius 1 is 1.07 bits per heavy atom. The van der Waals surface area contributed by atoms with Crippen molar-refractivity contribution in [2.75, 3.05) is 0 Å². The number of aromatic nitrogens is 1. The lowest BCUT2D eigenvalue weighted by Gasteiger charge is -1.94. The normalized spacial score (nSPS) is 9.36. The van der Waals surface area contributed by atoms with Gasteiger partial charge in [0, 0.05) is 5.39 Å². The Morgan fingerprint density at radius 3 is 2.57 bits per heavy atom. The van der Waals surface area contributed by atoms with Crippen molar-refractivity contribution in [3.63, 3.8) is 0 Å². The Hall–Kier alpha value is -2.21. The largest absolute Gasteiger partial charge is 0.365 e. The number of hydrogen-bond acceptors (Lipinski definition) is 2. The maximum absolute atomic E-state index is 8.71. The smallest absolute Gasteiger partial charge is 0.220 e. The molecule has 0 aliphatic heterocycles. The van der Waals surface area contributed by atoms with Gasteiger partial charge in [0.25, 0.3) is 0 Å². The molecule has 1 aromatic heterocycles. The zero-order chi connectivity index (χ0) is 9.80. The predicted molar refractivity (Wildman–Crippen MR) is 52.8 cm³/mol. The summed E-state index contributed by atoms with van der Waals surface area (Å²) in [5.74, 6) is 0. The van der Waals surface area contributed by atoms with Gasteiger partial charge in [-0.2, -0.15) is 5.26 Å². The zero-order valence-corrected chi connectivity index (χ0v) is 7.42. The van der Waals surface area contributed by atoms with Gasteiger partial charge < -0.3 is 4.52 Å². The molecule has 3 nitrogen and oxygen atoms in total. The fourth-order valence-electron chi connectivity index (χ4n) is 1.18. The highest BCUT2D eigenvalue weighted by Gasteiger charge is 1.90. The molecule has 0 fully saturated rings. The Balaban J connectivity index is 2.84. The van der Waals surface area contributed by atoms with Crippen LogP contribution in [0.3, 0.4) is 0 Å². The minimum Gasteiger partial charge on any atom is -0.365 e. The van der Waals surface area contributed by atoms with E-state index in [2.05, 4.69) is 0 Å². The van der Waals surface area contributed by atoms with Crippen molar-refractivity contribution in [1.82, 2.24) is 4.74 Å². The van der Waals surface area contributed by atoms with Crippen LogP contribution in [0.15, 0.2) is 53.2 Å². The maximum Gasteiger partial charge on any atom is 0.220 e. The monoisotopic (exact) mass is 184 g/mol. The van der Waals surface area contributed by atoms with Crippen LogP contribution in [0, 0.1) is 11.5 Å². The van der Waals surface area contributed by atoms with Crippen molar-refractivity contribution < 1.29 is 4.52 Å². The minimum absolute atomic E-state index is 0.676. The first kappa shape index (κ1) is 8.39. The first-order valence-corrected chi connectivity index (χ1v) is 4.21. The third-order valence-corrected chi connectivity index (χ3v) is 1.82. The molecule has 0 radical (unpaired) electrons. The van der Waals surface area contributed by atoms with Crippen molar-refractivity contribution in [3.05, 3.63) is 48.7 Å². The van der Waals surface area contributed by atoms with Gasteiger partial charge in [0.05, 0.1) is 6.20 Å². The summed E-state index contributed by atoms with van der Waals surface area (Å²) in [6, 6.07) is 13.1. The Morgan fingerprint density at radius 2 is 1.79 bits per heavy atom. The maximum atomic E-state index is 8.71. The summed E-state index contributed by atoms with van der Waals surface area (Å²) in [5, 5.41) is 9.66. The van der Waals surface area contributed by atoms with Crippen molar-refractivity contribution in [3.8, 4) is 6.19 Å². The van der Waals surface area contributed by atoms with Gasteiger partial charge >= 0.3 is 0 Å². The lowest BCUT2D eigenvalue weighted by atomic mass is 10.2. The van der Waals surface area contributed by atoms with Crippen LogP contribution >= 0.6 is 0 Å². The van der Waals surface area contributed by atoms with E-state index in [9.17, 15) is 0 Å². The van der Waals surface area contributed by atoms with Crippen LogP contribution in [0.2, 0.25) is 0 Å². The average Bonchev–Trinajstić information content (AvgIpc) is 2.19. The first-order valence-electron chi connectivity index (χ1n) is 4.21. The first-order chi connectivity index (χ1) is 6.90. The minimum atomic E-state index is 0.676. The van der Waals surface area contributed by atoms with Crippen molar-refractivity contribution in [1.29, 1.82) is 5.26 Å². The van der Waals surface area contributed by atoms with Crippen molar-refractivity contribution >= 4 is 11.0 Å². The van der Waals surface area contributed by atoms with E-state index in [1.807, 2.05) is 42.6 Å². The number of rotatable bonds is 0. The molecule has 68 valence electrons. The van der Waals surface area contributed by atoms with E-state index in [4.69, 9.17) is 9.78 Å². The van der Waals surface area contributed by atoms with Gasteiger partial charge in [0.15, 0.2) is 5.58 Å². The summed E-state index contributed by atoms with van der Waals surface area (Å²) < 4.78 is 6.43. The lowest BCUT2D eigenvalue weighted by molar-refractivity contribution is 0.372. The van der Waals surface area contributed by atoms with Crippen LogP contribution in [-0.2, 0) is 0 Å². The van der Waals surface area contributed by atoms with Gasteiger partial charge in [-0.25, -0.2) is 0 Å². The van der Waals surface area contributed by atoms with Gasteiger partial charge in [-0.15, -0.1) is 4.74 Å². The highest BCUT2D eigenvalue weighted by atomic mass is 16.5. The van der Waals surface area contributed by atoms with Crippen LogP contribution in [0.4, 0.5) is 0 Å². The second kappa shape index (κ2) is 3.67. The summed E-state index contributed by atoms with van der Waals surface area (Å²) in [4.78, 5) is 0. The van der Waals surface area contributed by atoms with E-state index in [0.29, 0.717) is 5.58 Å². The molecule has 1 heterocycles. The summed E-state index contributed by atoms with van der Waals surface area (Å²) >= 11 is 0. The molecule has 1 aromatic carbocycles. The van der Waals surface area contributed by atoms with Crippen LogP contribution < -0.4 is 0 Å². The number of fused-ring (bicyclic) bond motifs is 1. The van der Waals surface area contributed by atoms with Gasteiger partial charge in [-0.3, -0.25) is 0 Å². The molecular weight excluding hydrogens is 176 g/mol. The topological polar surface area (TPSA) is 41.9 Å². The van der Waals surface area contributed by atoms with Crippen molar-refractivity contribution in [2.45, 2.75) is 0 Å². The second-order valence-corrected chi connectivity index (χ2v) is 2.76. The van der Waals surface area contributed by atoms with E-state index >= 15 is 0 Å².